The van der Waals surface area contributed by atoms with Gasteiger partial charge in [0.1, 0.15) is 11.9 Å². The Balaban J connectivity index is 1.59. The zero-order chi connectivity index (χ0) is 18.0. The van der Waals surface area contributed by atoms with Crippen LogP contribution in [0.3, 0.4) is 0 Å². The largest absolute Gasteiger partial charge is 0.467 e. The van der Waals surface area contributed by atoms with Crippen molar-refractivity contribution >= 4 is 22.8 Å². The Labute approximate surface area is 144 Å². The van der Waals surface area contributed by atoms with E-state index in [0.29, 0.717) is 17.9 Å². The van der Waals surface area contributed by atoms with Crippen molar-refractivity contribution in [2.24, 2.45) is 7.05 Å². The summed E-state index contributed by atoms with van der Waals surface area (Å²) in [4.78, 5) is 16.5. The fourth-order valence-corrected chi connectivity index (χ4v) is 2.76. The maximum absolute atomic E-state index is 12.1. The molecule has 0 spiro atoms. The molecule has 25 heavy (non-hydrogen) atoms. The normalized spacial score (nSPS) is 13.6. The highest BCUT2D eigenvalue weighted by Gasteiger charge is 2.16. The van der Waals surface area contributed by atoms with E-state index in [1.807, 2.05) is 27.0 Å². The molecule has 3 aromatic heterocycles. The second-order valence-corrected chi connectivity index (χ2v) is 6.07. The Morgan fingerprint density at radius 1 is 1.48 bits per heavy atom. The minimum Gasteiger partial charge on any atom is -0.467 e. The molecule has 3 rings (SSSR count). The summed E-state index contributed by atoms with van der Waals surface area (Å²) in [6.07, 6.45) is 2.68. The van der Waals surface area contributed by atoms with Gasteiger partial charge in [0.25, 0.3) is 0 Å². The lowest BCUT2D eigenvalue weighted by Crippen LogP contribution is -2.37. The van der Waals surface area contributed by atoms with Crippen molar-refractivity contribution in [1.29, 1.82) is 0 Å². The van der Waals surface area contributed by atoms with E-state index in [1.165, 1.54) is 6.26 Å². The van der Waals surface area contributed by atoms with Crippen LogP contribution in [0, 0.1) is 6.92 Å². The van der Waals surface area contributed by atoms with E-state index in [9.17, 15) is 9.90 Å². The van der Waals surface area contributed by atoms with Crippen LogP contribution in [0.5, 0.6) is 0 Å². The van der Waals surface area contributed by atoms with Crippen LogP contribution in [0.2, 0.25) is 0 Å². The molecule has 3 N–H and O–H groups in total. The third-order valence-corrected chi connectivity index (χ3v) is 3.95. The van der Waals surface area contributed by atoms with Crippen molar-refractivity contribution in [3.05, 3.63) is 42.1 Å². The molecule has 8 nitrogen and oxygen atoms in total. The number of fused-ring (bicyclic) bond motifs is 1. The summed E-state index contributed by atoms with van der Waals surface area (Å²) in [7, 11) is 1.83. The lowest BCUT2D eigenvalue weighted by molar-refractivity contribution is 0.130. The van der Waals surface area contributed by atoms with Gasteiger partial charge in [0, 0.05) is 24.9 Å². The van der Waals surface area contributed by atoms with Gasteiger partial charge in [-0.25, -0.2) is 9.78 Å². The summed E-state index contributed by atoms with van der Waals surface area (Å²) in [6, 6.07) is 4.66. The number of amides is 2. The Morgan fingerprint density at radius 3 is 3.00 bits per heavy atom. The highest BCUT2D eigenvalue weighted by Crippen LogP contribution is 2.20. The molecule has 2 amide bonds. The van der Waals surface area contributed by atoms with Crippen LogP contribution >= 0.6 is 0 Å². The van der Waals surface area contributed by atoms with Gasteiger partial charge < -0.3 is 20.2 Å². The number of pyridine rings is 1. The summed E-state index contributed by atoms with van der Waals surface area (Å²) in [5.41, 5.74) is 2.20. The standard InChI is InChI=1S/C17H21N5O3/c1-10(7-14(23)15-5-4-6-25-15)19-17(24)20-12-8-13-11(2)21-22(3)16(13)18-9-12/h4-6,8-10,14,23H,7H2,1-3H3,(H2,19,20,24)/t10-,14-/m0/s1. The predicted octanol–water partition coefficient (Wildman–Crippen LogP) is 2.50. The summed E-state index contributed by atoms with van der Waals surface area (Å²) >= 11 is 0. The van der Waals surface area contributed by atoms with Gasteiger partial charge in [-0.1, -0.05) is 0 Å². The second-order valence-electron chi connectivity index (χ2n) is 6.07. The van der Waals surface area contributed by atoms with Gasteiger partial charge >= 0.3 is 6.03 Å². The molecule has 0 aromatic carbocycles. The average Bonchev–Trinajstić information content (AvgIpc) is 3.16. The molecular formula is C17H21N5O3. The number of rotatable bonds is 5. The van der Waals surface area contributed by atoms with Crippen molar-refractivity contribution < 1.29 is 14.3 Å². The van der Waals surface area contributed by atoms with Crippen LogP contribution in [-0.2, 0) is 7.05 Å². The number of anilines is 1. The smallest absolute Gasteiger partial charge is 0.319 e. The number of urea groups is 1. The summed E-state index contributed by atoms with van der Waals surface area (Å²) in [5, 5.41) is 20.8. The van der Waals surface area contributed by atoms with Crippen LogP contribution in [0.25, 0.3) is 11.0 Å². The highest BCUT2D eigenvalue weighted by molar-refractivity contribution is 5.92. The first kappa shape index (κ1) is 17.0. The van der Waals surface area contributed by atoms with E-state index in [0.717, 1.165) is 16.7 Å². The van der Waals surface area contributed by atoms with Crippen LogP contribution in [0.1, 0.15) is 30.9 Å². The molecule has 0 bridgehead atoms. The quantitative estimate of drug-likeness (QED) is 0.660. The number of hydrogen-bond donors (Lipinski definition) is 3. The van der Waals surface area contributed by atoms with E-state index < -0.39 is 6.10 Å². The van der Waals surface area contributed by atoms with Crippen molar-refractivity contribution in [3.8, 4) is 0 Å². The molecule has 8 heteroatoms. The van der Waals surface area contributed by atoms with E-state index in [4.69, 9.17) is 4.42 Å². The van der Waals surface area contributed by atoms with Crippen molar-refractivity contribution in [1.82, 2.24) is 20.1 Å². The number of hydrogen-bond acceptors (Lipinski definition) is 5. The maximum atomic E-state index is 12.1. The fraction of sp³-hybridized carbons (Fsp3) is 0.353. The highest BCUT2D eigenvalue weighted by atomic mass is 16.4. The van der Waals surface area contributed by atoms with Crippen molar-refractivity contribution in [3.63, 3.8) is 0 Å². The lowest BCUT2D eigenvalue weighted by atomic mass is 10.1. The molecular weight excluding hydrogens is 322 g/mol. The van der Waals surface area contributed by atoms with Crippen LogP contribution < -0.4 is 10.6 Å². The predicted molar refractivity (Wildman–Crippen MR) is 93.1 cm³/mol. The summed E-state index contributed by atoms with van der Waals surface area (Å²) in [5.74, 6) is 0.482. The van der Waals surface area contributed by atoms with Crippen LogP contribution in [-0.4, -0.2) is 31.9 Å². The Kier molecular flexibility index (Phi) is 4.71. The number of furan rings is 1. The van der Waals surface area contributed by atoms with Crippen molar-refractivity contribution in [2.75, 3.05) is 5.32 Å². The minimum atomic E-state index is -0.763. The molecule has 0 unspecified atom stereocenters. The third-order valence-electron chi connectivity index (χ3n) is 3.95. The number of nitrogens with one attached hydrogen (secondary N) is 2. The van der Waals surface area contributed by atoms with Gasteiger partial charge in [0.2, 0.25) is 0 Å². The third kappa shape index (κ3) is 3.80. The molecule has 0 saturated heterocycles. The first-order chi connectivity index (χ1) is 11.9. The monoisotopic (exact) mass is 343 g/mol. The van der Waals surface area contributed by atoms with E-state index in [1.54, 1.807) is 23.0 Å². The number of aliphatic hydroxyl groups is 1. The molecule has 0 saturated carbocycles. The zero-order valence-electron chi connectivity index (χ0n) is 14.4. The van der Waals surface area contributed by atoms with E-state index in [-0.39, 0.29) is 12.1 Å². The van der Waals surface area contributed by atoms with E-state index >= 15 is 0 Å². The Morgan fingerprint density at radius 2 is 2.28 bits per heavy atom. The van der Waals surface area contributed by atoms with E-state index in [2.05, 4.69) is 20.7 Å². The molecule has 3 heterocycles. The first-order valence-corrected chi connectivity index (χ1v) is 8.02. The number of carbonyl (C=O) groups is 1. The molecule has 2 atom stereocenters. The topological polar surface area (TPSA) is 105 Å². The fourth-order valence-electron chi connectivity index (χ4n) is 2.76. The minimum absolute atomic E-state index is 0.239. The summed E-state index contributed by atoms with van der Waals surface area (Å²) in [6.45, 7) is 3.71. The zero-order valence-corrected chi connectivity index (χ0v) is 14.4. The Bertz CT molecular complexity index is 872. The number of aliphatic hydroxyl groups excluding tert-OH is 1. The van der Waals surface area contributed by atoms with Crippen LogP contribution in [0.15, 0.2) is 35.1 Å². The lowest BCUT2D eigenvalue weighted by Gasteiger charge is -2.17. The number of aryl methyl sites for hydroxylation is 2. The molecule has 3 aromatic rings. The molecule has 0 aliphatic rings. The molecule has 132 valence electrons. The molecule has 0 fully saturated rings. The van der Waals surface area contributed by atoms with Crippen LogP contribution in [0.4, 0.5) is 10.5 Å². The Hall–Kier alpha value is -2.87. The number of nitrogens with zero attached hydrogens (tertiary/aromatic N) is 3. The van der Waals surface area contributed by atoms with Crippen molar-refractivity contribution in [2.45, 2.75) is 32.4 Å². The maximum Gasteiger partial charge on any atom is 0.319 e. The molecule has 0 radical (unpaired) electrons. The summed E-state index contributed by atoms with van der Waals surface area (Å²) < 4.78 is 6.86. The SMILES string of the molecule is Cc1nn(C)c2ncc(NC(=O)N[C@@H](C)C[C@H](O)c3ccco3)cc12. The van der Waals surface area contributed by atoms with Gasteiger partial charge in [0.15, 0.2) is 5.65 Å². The molecule has 0 aliphatic heterocycles. The number of aromatic nitrogens is 3. The first-order valence-electron chi connectivity index (χ1n) is 8.02. The second kappa shape index (κ2) is 6.94. The van der Waals surface area contributed by atoms with Gasteiger partial charge in [-0.3, -0.25) is 4.68 Å². The van der Waals surface area contributed by atoms with Gasteiger partial charge in [-0.2, -0.15) is 5.10 Å². The van der Waals surface area contributed by atoms with Gasteiger partial charge in [-0.15, -0.1) is 0 Å². The average molecular weight is 343 g/mol. The van der Waals surface area contributed by atoms with Gasteiger partial charge in [0.05, 0.1) is 23.8 Å². The molecule has 0 aliphatic carbocycles. The van der Waals surface area contributed by atoms with Gasteiger partial charge in [-0.05, 0) is 32.0 Å². The number of carbonyl (C=O) groups excluding carboxylic acids is 1.